The molecule has 0 aliphatic carbocycles. The van der Waals surface area contributed by atoms with Crippen molar-refractivity contribution in [3.05, 3.63) is 140 Å². The molecule has 4 rings (SSSR count). The molecule has 0 heterocycles. The van der Waals surface area contributed by atoms with Gasteiger partial charge in [-0.15, -0.1) is 21.9 Å². The molecule has 0 saturated carbocycles. The van der Waals surface area contributed by atoms with Gasteiger partial charge in [-0.1, -0.05) is 0 Å². The number of halogens is 28. The van der Waals surface area contributed by atoms with Gasteiger partial charge in [0.2, 0.25) is 23.3 Å². The summed E-state index contributed by atoms with van der Waals surface area (Å²) in [6.07, 6.45) is -24.2. The molecule has 0 unspecified atom stereocenters. The number of benzene rings is 4. The second-order valence-corrected chi connectivity index (χ2v) is 11.3. The maximum absolute atomic E-state index is 16.2. The fraction of sp³-hybridized carbons (Fsp3) is 0. The predicted octanol–water partition coefficient (Wildman–Crippen LogP) is 8.43. The Bertz CT molecular complexity index is 2230. The van der Waals surface area contributed by atoms with E-state index >= 15 is 70.2 Å². The van der Waals surface area contributed by atoms with Gasteiger partial charge in [-0.25, -0.2) is 87.8 Å². The maximum Gasteiger partial charge on any atom is 1.00 e. The maximum atomic E-state index is 16.2. The fourth-order valence-electron chi connectivity index (χ4n) is 6.13. The first-order valence-corrected chi connectivity index (χ1v) is 14.4. The van der Waals surface area contributed by atoms with Crippen LogP contribution in [0.1, 0.15) is 22.3 Å². The van der Waals surface area contributed by atoms with E-state index in [1.165, 1.54) is 0 Å². The molecule has 0 amide bonds. The average Bonchev–Trinajstić information content (AvgIpc) is 3.17. The van der Waals surface area contributed by atoms with Crippen LogP contribution in [-0.2, 0) is 0 Å². The quantitative estimate of drug-likeness (QED) is 0.0947. The van der Waals surface area contributed by atoms with E-state index in [0.717, 1.165) is 0 Å². The zero-order valence-corrected chi connectivity index (χ0v) is 30.2. The summed E-state index contributed by atoms with van der Waals surface area (Å²) in [7, 11) is 0. The molecule has 4 aromatic rings. The normalized spacial score (nSPS) is 11.4. The zero-order chi connectivity index (χ0) is 47.0. The molecule has 0 radical (unpaired) electrons. The molecule has 0 bridgehead atoms. The van der Waals surface area contributed by atoms with E-state index in [9.17, 15) is 52.7 Å². The van der Waals surface area contributed by atoms with E-state index < -0.39 is 191 Å². The Balaban J connectivity index is 0.0000102. The summed E-state index contributed by atoms with van der Waals surface area (Å²) in [6.45, 7) is 0. The van der Waals surface area contributed by atoms with Gasteiger partial charge in [-0.2, -0.15) is 35.1 Å². The summed E-state index contributed by atoms with van der Waals surface area (Å²) >= 11 is 0. The number of hydrogen-bond donors (Lipinski definition) is 0. The first-order chi connectivity index (χ1) is 28.0. The molecular weight excluding hydrogens is 950 g/mol. The van der Waals surface area contributed by atoms with Crippen LogP contribution in [0.5, 0.6) is 0 Å². The third-order valence-electron chi connectivity index (χ3n) is 8.46. The van der Waals surface area contributed by atoms with Crippen molar-refractivity contribution >= 4 is 51.3 Å². The summed E-state index contributed by atoms with van der Waals surface area (Å²) in [4.78, 5) is 0. The first-order valence-electron chi connectivity index (χ1n) is 14.4. The fourth-order valence-corrected chi connectivity index (χ4v) is 6.13. The van der Waals surface area contributed by atoms with Gasteiger partial charge < -0.3 is 0 Å². The Morgan fingerprint density at radius 1 is 0.210 bits per heavy atom. The summed E-state index contributed by atoms with van der Waals surface area (Å²) in [5.74, 6) is -81.2. The Labute approximate surface area is 342 Å². The monoisotopic (exact) mass is 950 g/mol. The van der Waals surface area contributed by atoms with Gasteiger partial charge in [-0.05, 0) is 0 Å². The van der Waals surface area contributed by atoms with E-state index in [4.69, 9.17) is 0 Å². The van der Waals surface area contributed by atoms with Crippen LogP contribution in [-0.4, -0.2) is 6.15 Å². The standard InChI is InChI=1S/C32BF28.Na/c34-9-1(17(42)29(54)55)10(35)22(47)5(21(9)46)33(6-23(48)11(36)2(12(37)24(6)49)18(43)30(56)57,7-25(50)13(38)3(14(39)26(7)51)19(44)31(58)59)8-27(52)15(40)4(16(41)28(8)53)20(45)32(60)61;/q-1;+1. The van der Waals surface area contributed by atoms with Crippen LogP contribution < -0.4 is 51.4 Å². The van der Waals surface area contributed by atoms with E-state index in [0.29, 0.717) is 0 Å². The van der Waals surface area contributed by atoms with E-state index in [2.05, 4.69) is 0 Å². The average molecular weight is 950 g/mol. The largest absolute Gasteiger partial charge is 1.00 e. The van der Waals surface area contributed by atoms with E-state index in [1.807, 2.05) is 0 Å². The molecule has 0 fully saturated rings. The summed E-state index contributed by atoms with van der Waals surface area (Å²) in [5, 5.41) is 0. The second kappa shape index (κ2) is 18.0. The van der Waals surface area contributed by atoms with Crippen molar-refractivity contribution in [2.45, 2.75) is 0 Å². The van der Waals surface area contributed by atoms with Crippen LogP contribution in [0.3, 0.4) is 0 Å². The van der Waals surface area contributed by atoms with Gasteiger partial charge in [0.15, 0.2) is 46.5 Å². The number of hydrogen-bond acceptors (Lipinski definition) is 0. The minimum Gasteiger partial charge on any atom is -0.207 e. The smallest absolute Gasteiger partial charge is 0.207 e. The van der Waals surface area contributed by atoms with Crippen molar-refractivity contribution in [2.24, 2.45) is 0 Å². The van der Waals surface area contributed by atoms with Crippen LogP contribution in [0.15, 0.2) is 24.3 Å². The van der Waals surface area contributed by atoms with Gasteiger partial charge in [0.1, 0.15) is 52.7 Å². The zero-order valence-electron chi connectivity index (χ0n) is 28.2. The molecule has 0 nitrogen and oxygen atoms in total. The van der Waals surface area contributed by atoms with Crippen molar-refractivity contribution in [2.75, 3.05) is 0 Å². The molecule has 0 aliphatic heterocycles. The van der Waals surface area contributed by atoms with Gasteiger partial charge in [0, 0.05) is 0 Å². The predicted molar refractivity (Wildman–Crippen MR) is 150 cm³/mol. The Kier molecular flexibility index (Phi) is 14.9. The summed E-state index contributed by atoms with van der Waals surface area (Å²) in [6, 6.07) is 0. The molecule has 328 valence electrons. The van der Waals surface area contributed by atoms with Crippen molar-refractivity contribution in [3.8, 4) is 0 Å². The van der Waals surface area contributed by atoms with E-state index in [1.54, 1.807) is 0 Å². The molecule has 0 atom stereocenters. The Hall–Kier alpha value is -5.06. The second-order valence-electron chi connectivity index (χ2n) is 11.3. The van der Waals surface area contributed by atoms with Crippen molar-refractivity contribution in [1.82, 2.24) is 0 Å². The van der Waals surface area contributed by atoms with Crippen LogP contribution >= 0.6 is 0 Å². The molecule has 4 aromatic carbocycles. The summed E-state index contributed by atoms with van der Waals surface area (Å²) < 4.78 is 414. The van der Waals surface area contributed by atoms with Crippen LogP contribution in [0.2, 0.25) is 0 Å². The topological polar surface area (TPSA) is 0 Å². The third kappa shape index (κ3) is 7.40. The van der Waals surface area contributed by atoms with Gasteiger partial charge >= 0.3 is 53.9 Å². The van der Waals surface area contributed by atoms with Crippen molar-refractivity contribution in [3.63, 3.8) is 0 Å². The van der Waals surface area contributed by atoms with Gasteiger partial charge in [-0.3, -0.25) is 0 Å². The molecule has 0 aliphatic rings. The molecule has 0 aromatic heterocycles. The van der Waals surface area contributed by atoms with Crippen LogP contribution in [0, 0.1) is 93.1 Å². The first kappa shape index (κ1) is 51.3. The summed E-state index contributed by atoms with van der Waals surface area (Å²) in [5.41, 5.74) is -30.5. The van der Waals surface area contributed by atoms with Gasteiger partial charge in [0.05, 0.1) is 22.3 Å². The van der Waals surface area contributed by atoms with Crippen molar-refractivity contribution in [1.29, 1.82) is 0 Å². The van der Waals surface area contributed by atoms with Crippen LogP contribution in [0.25, 0.3) is 23.3 Å². The molecule has 0 saturated heterocycles. The minimum atomic E-state index is -8.01. The van der Waals surface area contributed by atoms with Gasteiger partial charge in [0.25, 0.3) is 0 Å². The van der Waals surface area contributed by atoms with Crippen molar-refractivity contribution < 1.29 is 152 Å². The molecule has 30 heteroatoms. The third-order valence-corrected chi connectivity index (χ3v) is 8.46. The molecule has 62 heavy (non-hydrogen) atoms. The number of rotatable bonds is 8. The Morgan fingerprint density at radius 3 is 0.419 bits per heavy atom. The van der Waals surface area contributed by atoms with Crippen LogP contribution in [0.4, 0.5) is 123 Å². The molecular formula is C32BF28Na. The SMILES string of the molecule is FC(F)=C(F)c1c(F)c(F)c([B-](c2c(F)c(F)c(C(F)=C(F)F)c(F)c2F)(c2c(F)c(F)c(C(F)=C(F)F)c(F)c2F)c2c(F)c(F)c(C(F)=C(F)F)c(F)c2F)c(F)c1F.[Na+]. The Morgan fingerprint density at radius 2 is 0.323 bits per heavy atom. The molecule has 0 spiro atoms. The van der Waals surface area contributed by atoms with E-state index in [-0.39, 0.29) is 29.6 Å². The minimum absolute atomic E-state index is 0. The molecule has 0 N–H and O–H groups in total.